The molecule has 1 atom stereocenters. The van der Waals surface area contributed by atoms with E-state index < -0.39 is 0 Å². The summed E-state index contributed by atoms with van der Waals surface area (Å²) in [7, 11) is 0. The van der Waals surface area contributed by atoms with Crippen molar-refractivity contribution in [2.24, 2.45) is 0 Å². The first-order chi connectivity index (χ1) is 13.2. The maximum Gasteiger partial charge on any atom is 0.246 e. The second kappa shape index (κ2) is 9.67. The maximum absolute atomic E-state index is 13.1. The minimum atomic E-state index is -0.338. The van der Waals surface area contributed by atoms with Gasteiger partial charge in [0.15, 0.2) is 0 Å². The number of carbonyl (C=O) groups excluding carboxylic acids is 1. The SMILES string of the molecule is CCCN1CCC(NC(C(=O)Nc2ccc(C)cc2)c2ccccc2)CC1. The van der Waals surface area contributed by atoms with Gasteiger partial charge in [0.05, 0.1) is 0 Å². The van der Waals surface area contributed by atoms with Gasteiger partial charge in [0.1, 0.15) is 6.04 Å². The summed E-state index contributed by atoms with van der Waals surface area (Å²) in [6.45, 7) is 7.65. The molecule has 4 heteroatoms. The molecule has 1 saturated heterocycles. The quantitative estimate of drug-likeness (QED) is 0.775. The summed E-state index contributed by atoms with van der Waals surface area (Å²) in [5.74, 6) is 0.000964. The summed E-state index contributed by atoms with van der Waals surface area (Å²) in [4.78, 5) is 15.6. The average molecular weight is 366 g/mol. The zero-order valence-electron chi connectivity index (χ0n) is 16.4. The Hall–Kier alpha value is -2.17. The Labute approximate surface area is 163 Å². The van der Waals surface area contributed by atoms with Crippen molar-refractivity contribution < 1.29 is 4.79 Å². The first-order valence-electron chi connectivity index (χ1n) is 10.1. The minimum absolute atomic E-state index is 0.000964. The van der Waals surface area contributed by atoms with Gasteiger partial charge in [-0.05, 0) is 63.5 Å². The number of benzene rings is 2. The van der Waals surface area contributed by atoms with Crippen LogP contribution in [-0.2, 0) is 4.79 Å². The van der Waals surface area contributed by atoms with Crippen LogP contribution >= 0.6 is 0 Å². The molecule has 0 bridgehead atoms. The fourth-order valence-electron chi connectivity index (χ4n) is 3.70. The molecule has 2 N–H and O–H groups in total. The number of hydrogen-bond acceptors (Lipinski definition) is 3. The van der Waals surface area contributed by atoms with Crippen LogP contribution in [0.2, 0.25) is 0 Å². The highest BCUT2D eigenvalue weighted by atomic mass is 16.2. The number of piperidine rings is 1. The van der Waals surface area contributed by atoms with Gasteiger partial charge >= 0.3 is 0 Å². The van der Waals surface area contributed by atoms with Crippen LogP contribution in [0.4, 0.5) is 5.69 Å². The van der Waals surface area contributed by atoms with Crippen molar-refractivity contribution >= 4 is 11.6 Å². The van der Waals surface area contributed by atoms with Gasteiger partial charge in [0, 0.05) is 11.7 Å². The van der Waals surface area contributed by atoms with E-state index in [-0.39, 0.29) is 11.9 Å². The molecule has 1 heterocycles. The lowest BCUT2D eigenvalue weighted by Crippen LogP contribution is -2.46. The second-order valence-electron chi connectivity index (χ2n) is 7.48. The molecule has 0 aromatic heterocycles. The van der Waals surface area contributed by atoms with E-state index in [9.17, 15) is 4.79 Å². The predicted octanol–water partition coefficient (Wildman–Crippen LogP) is 4.14. The Balaban J connectivity index is 1.68. The normalized spacial score (nSPS) is 16.8. The van der Waals surface area contributed by atoms with E-state index in [1.54, 1.807) is 0 Å². The largest absolute Gasteiger partial charge is 0.324 e. The van der Waals surface area contributed by atoms with Crippen LogP contribution in [0.3, 0.4) is 0 Å². The molecule has 2 aromatic carbocycles. The summed E-state index contributed by atoms with van der Waals surface area (Å²) in [5, 5.41) is 6.70. The standard InChI is InChI=1S/C23H31N3O/c1-3-15-26-16-13-21(14-17-26)24-22(19-7-5-4-6-8-19)23(27)25-20-11-9-18(2)10-12-20/h4-12,21-22,24H,3,13-17H2,1-2H3,(H,25,27). The van der Waals surface area contributed by atoms with Crippen LogP contribution < -0.4 is 10.6 Å². The third kappa shape index (κ3) is 5.65. The fourth-order valence-corrected chi connectivity index (χ4v) is 3.70. The highest BCUT2D eigenvalue weighted by Crippen LogP contribution is 2.20. The Morgan fingerprint density at radius 1 is 1.07 bits per heavy atom. The summed E-state index contributed by atoms with van der Waals surface area (Å²) < 4.78 is 0. The third-order valence-electron chi connectivity index (χ3n) is 5.24. The van der Waals surface area contributed by atoms with Crippen molar-refractivity contribution in [2.45, 2.75) is 45.2 Å². The summed E-state index contributed by atoms with van der Waals surface area (Å²) in [6.07, 6.45) is 3.37. The number of nitrogens with zero attached hydrogens (tertiary/aromatic N) is 1. The molecule has 1 aliphatic rings. The van der Waals surface area contributed by atoms with Gasteiger partial charge in [-0.1, -0.05) is 55.0 Å². The summed E-state index contributed by atoms with van der Waals surface area (Å²) in [5.41, 5.74) is 3.04. The molecule has 0 spiro atoms. The van der Waals surface area contributed by atoms with Crippen molar-refractivity contribution in [1.29, 1.82) is 0 Å². The lowest BCUT2D eigenvalue weighted by Gasteiger charge is -2.34. The third-order valence-corrected chi connectivity index (χ3v) is 5.24. The molecule has 1 unspecified atom stereocenters. The lowest BCUT2D eigenvalue weighted by atomic mass is 10.00. The van der Waals surface area contributed by atoms with Crippen LogP contribution in [0.25, 0.3) is 0 Å². The van der Waals surface area contributed by atoms with E-state index in [1.807, 2.05) is 61.5 Å². The molecule has 0 saturated carbocycles. The molecular weight excluding hydrogens is 334 g/mol. The van der Waals surface area contributed by atoms with Gasteiger partial charge in [-0.15, -0.1) is 0 Å². The molecule has 0 aliphatic carbocycles. The molecule has 144 valence electrons. The predicted molar refractivity (Wildman–Crippen MR) is 112 cm³/mol. The van der Waals surface area contributed by atoms with E-state index in [0.717, 1.165) is 37.2 Å². The van der Waals surface area contributed by atoms with Crippen LogP contribution in [0.5, 0.6) is 0 Å². The Morgan fingerprint density at radius 3 is 2.37 bits per heavy atom. The topological polar surface area (TPSA) is 44.4 Å². The highest BCUT2D eigenvalue weighted by Gasteiger charge is 2.26. The van der Waals surface area contributed by atoms with Gasteiger partial charge in [-0.2, -0.15) is 0 Å². The molecule has 1 fully saturated rings. The number of anilines is 1. The van der Waals surface area contributed by atoms with Crippen molar-refractivity contribution in [3.63, 3.8) is 0 Å². The van der Waals surface area contributed by atoms with Crippen LogP contribution in [0.1, 0.15) is 43.4 Å². The van der Waals surface area contributed by atoms with E-state index in [2.05, 4.69) is 22.5 Å². The number of hydrogen-bond donors (Lipinski definition) is 2. The van der Waals surface area contributed by atoms with Crippen LogP contribution in [-0.4, -0.2) is 36.5 Å². The first-order valence-corrected chi connectivity index (χ1v) is 10.1. The monoisotopic (exact) mass is 365 g/mol. The average Bonchev–Trinajstić information content (AvgIpc) is 2.70. The van der Waals surface area contributed by atoms with Gasteiger partial charge in [0.25, 0.3) is 0 Å². The van der Waals surface area contributed by atoms with Crippen molar-refractivity contribution in [3.05, 3.63) is 65.7 Å². The molecule has 4 nitrogen and oxygen atoms in total. The fraction of sp³-hybridized carbons (Fsp3) is 0.435. The smallest absolute Gasteiger partial charge is 0.246 e. The number of likely N-dealkylation sites (tertiary alicyclic amines) is 1. The Morgan fingerprint density at radius 2 is 1.74 bits per heavy atom. The van der Waals surface area contributed by atoms with E-state index in [1.165, 1.54) is 18.5 Å². The molecular formula is C23H31N3O. The van der Waals surface area contributed by atoms with Gasteiger partial charge in [-0.3, -0.25) is 10.1 Å². The lowest BCUT2D eigenvalue weighted by molar-refractivity contribution is -0.118. The van der Waals surface area contributed by atoms with Crippen molar-refractivity contribution in [3.8, 4) is 0 Å². The number of carbonyl (C=O) groups is 1. The van der Waals surface area contributed by atoms with Crippen molar-refractivity contribution in [1.82, 2.24) is 10.2 Å². The number of amides is 1. The molecule has 3 rings (SSSR count). The summed E-state index contributed by atoms with van der Waals surface area (Å²) in [6, 6.07) is 18.0. The Kier molecular flexibility index (Phi) is 7.02. The molecule has 1 aliphatic heterocycles. The van der Waals surface area contributed by atoms with Gasteiger partial charge in [0.2, 0.25) is 5.91 Å². The van der Waals surface area contributed by atoms with Gasteiger partial charge < -0.3 is 10.2 Å². The molecule has 0 radical (unpaired) electrons. The maximum atomic E-state index is 13.1. The zero-order chi connectivity index (χ0) is 19.1. The number of aryl methyl sites for hydroxylation is 1. The second-order valence-corrected chi connectivity index (χ2v) is 7.48. The first kappa shape index (κ1) is 19.6. The number of rotatable bonds is 7. The number of nitrogens with one attached hydrogen (secondary N) is 2. The summed E-state index contributed by atoms with van der Waals surface area (Å²) >= 11 is 0. The van der Waals surface area contributed by atoms with E-state index >= 15 is 0 Å². The van der Waals surface area contributed by atoms with Gasteiger partial charge in [-0.25, -0.2) is 0 Å². The van der Waals surface area contributed by atoms with E-state index in [4.69, 9.17) is 0 Å². The molecule has 1 amide bonds. The van der Waals surface area contributed by atoms with Crippen LogP contribution in [0.15, 0.2) is 54.6 Å². The molecule has 27 heavy (non-hydrogen) atoms. The Bertz CT molecular complexity index is 706. The minimum Gasteiger partial charge on any atom is -0.324 e. The zero-order valence-corrected chi connectivity index (χ0v) is 16.4. The molecule has 2 aromatic rings. The van der Waals surface area contributed by atoms with Crippen molar-refractivity contribution in [2.75, 3.05) is 25.0 Å². The highest BCUT2D eigenvalue weighted by molar-refractivity contribution is 5.95. The van der Waals surface area contributed by atoms with Crippen LogP contribution in [0, 0.1) is 6.92 Å². The van der Waals surface area contributed by atoms with E-state index in [0.29, 0.717) is 6.04 Å².